The van der Waals surface area contributed by atoms with Gasteiger partial charge in [0, 0.05) is 7.05 Å². The van der Waals surface area contributed by atoms with Crippen LogP contribution in [0.15, 0.2) is 47.6 Å². The van der Waals surface area contributed by atoms with Gasteiger partial charge in [0.15, 0.2) is 16.1 Å². The number of benzene rings is 2. The van der Waals surface area contributed by atoms with Crippen LogP contribution in [0.25, 0.3) is 10.2 Å². The fourth-order valence-corrected chi connectivity index (χ4v) is 4.38. The Hall–Kier alpha value is -2.69. The average Bonchev–Trinajstić information content (AvgIpc) is 3.28. The lowest BCUT2D eigenvalue weighted by molar-refractivity contribution is -0.113. The number of hydrogen-bond acceptors (Lipinski definition) is 7. The molecule has 2 aromatic heterocycles. The summed E-state index contributed by atoms with van der Waals surface area (Å²) in [5, 5.41) is 12.3. The minimum absolute atomic E-state index is 0.104. The lowest BCUT2D eigenvalue weighted by Gasteiger charge is -2.08. The van der Waals surface area contributed by atoms with Crippen LogP contribution in [0.3, 0.4) is 0 Å². The van der Waals surface area contributed by atoms with Gasteiger partial charge in [-0.25, -0.2) is 9.37 Å². The Balaban J connectivity index is 1.32. The van der Waals surface area contributed by atoms with Gasteiger partial charge in [-0.2, -0.15) is 0 Å². The van der Waals surface area contributed by atoms with Gasteiger partial charge in [-0.05, 0) is 30.3 Å². The number of aromatic nitrogens is 4. The highest BCUT2D eigenvalue weighted by atomic mass is 35.5. The monoisotopic (exact) mass is 463 g/mol. The van der Waals surface area contributed by atoms with Crippen molar-refractivity contribution in [2.45, 2.75) is 11.8 Å². The van der Waals surface area contributed by atoms with Crippen molar-refractivity contribution in [3.8, 4) is 5.75 Å². The van der Waals surface area contributed by atoms with Crippen molar-refractivity contribution in [3.63, 3.8) is 0 Å². The number of ether oxygens (including phenoxy) is 1. The van der Waals surface area contributed by atoms with E-state index in [2.05, 4.69) is 20.5 Å². The predicted octanol–water partition coefficient (Wildman–Crippen LogP) is 4.53. The molecule has 0 fully saturated rings. The first-order valence-corrected chi connectivity index (χ1v) is 10.9. The second-order valence-electron chi connectivity index (χ2n) is 6.14. The van der Waals surface area contributed by atoms with E-state index in [-0.39, 0.29) is 23.3 Å². The maximum atomic E-state index is 13.1. The summed E-state index contributed by atoms with van der Waals surface area (Å²) in [6, 6.07) is 11.6. The Morgan fingerprint density at radius 3 is 2.93 bits per heavy atom. The molecule has 30 heavy (non-hydrogen) atoms. The Kier molecular flexibility index (Phi) is 6.16. The van der Waals surface area contributed by atoms with Crippen molar-refractivity contribution in [2.75, 3.05) is 11.1 Å². The molecule has 0 saturated carbocycles. The van der Waals surface area contributed by atoms with Crippen molar-refractivity contribution in [1.29, 1.82) is 0 Å². The van der Waals surface area contributed by atoms with E-state index < -0.39 is 5.82 Å². The van der Waals surface area contributed by atoms with Gasteiger partial charge >= 0.3 is 0 Å². The Morgan fingerprint density at radius 2 is 2.13 bits per heavy atom. The van der Waals surface area contributed by atoms with Gasteiger partial charge in [0.1, 0.15) is 18.2 Å². The summed E-state index contributed by atoms with van der Waals surface area (Å²) in [7, 11) is 1.78. The first-order chi connectivity index (χ1) is 14.5. The van der Waals surface area contributed by atoms with E-state index in [9.17, 15) is 9.18 Å². The highest BCUT2D eigenvalue weighted by Gasteiger charge is 2.14. The molecule has 0 spiro atoms. The third-order valence-corrected chi connectivity index (χ3v) is 6.32. The molecule has 154 valence electrons. The van der Waals surface area contributed by atoms with Gasteiger partial charge in [-0.1, -0.05) is 46.8 Å². The largest absolute Gasteiger partial charge is 0.484 e. The molecule has 1 N–H and O–H groups in total. The second-order valence-corrected chi connectivity index (χ2v) is 8.53. The first kappa shape index (κ1) is 20.6. The summed E-state index contributed by atoms with van der Waals surface area (Å²) in [6.07, 6.45) is 0. The zero-order valence-corrected chi connectivity index (χ0v) is 18.0. The summed E-state index contributed by atoms with van der Waals surface area (Å²) in [5.41, 5.74) is 0.852. The van der Waals surface area contributed by atoms with E-state index in [1.54, 1.807) is 11.6 Å². The minimum atomic E-state index is -0.436. The zero-order valence-electron chi connectivity index (χ0n) is 15.6. The zero-order chi connectivity index (χ0) is 21.1. The van der Waals surface area contributed by atoms with E-state index in [1.165, 1.54) is 41.3 Å². The number of para-hydroxylation sites is 1. The molecule has 0 unspecified atom stereocenters. The number of thioether (sulfide) groups is 1. The molecule has 0 saturated heterocycles. The SMILES string of the molecule is Cn1c(COc2ccc(F)cc2Cl)nnc1SCC(=O)Nc1nc2ccccc2s1. The van der Waals surface area contributed by atoms with E-state index in [4.69, 9.17) is 16.3 Å². The smallest absolute Gasteiger partial charge is 0.236 e. The summed E-state index contributed by atoms with van der Waals surface area (Å²) >= 11 is 8.63. The predicted molar refractivity (Wildman–Crippen MR) is 116 cm³/mol. The van der Waals surface area contributed by atoms with Gasteiger partial charge in [0.05, 0.1) is 21.0 Å². The summed E-state index contributed by atoms with van der Waals surface area (Å²) < 4.78 is 21.4. The van der Waals surface area contributed by atoms with Crippen LogP contribution in [0, 0.1) is 5.82 Å². The molecule has 11 heteroatoms. The van der Waals surface area contributed by atoms with Crippen molar-refractivity contribution in [2.24, 2.45) is 7.05 Å². The van der Waals surface area contributed by atoms with Gasteiger partial charge < -0.3 is 14.6 Å². The molecule has 0 bridgehead atoms. The maximum Gasteiger partial charge on any atom is 0.236 e. The molecule has 0 atom stereocenters. The van der Waals surface area contributed by atoms with E-state index in [0.717, 1.165) is 10.2 Å². The number of hydrogen-bond donors (Lipinski definition) is 1. The van der Waals surface area contributed by atoms with Crippen LogP contribution in [0.1, 0.15) is 5.82 Å². The van der Waals surface area contributed by atoms with E-state index >= 15 is 0 Å². The molecular formula is C19H15ClFN5O2S2. The molecule has 0 aliphatic rings. The molecule has 4 aromatic rings. The normalized spacial score (nSPS) is 11.0. The number of anilines is 1. The lowest BCUT2D eigenvalue weighted by atomic mass is 10.3. The summed E-state index contributed by atoms with van der Waals surface area (Å²) in [6.45, 7) is 0.104. The fourth-order valence-electron chi connectivity index (χ4n) is 2.54. The first-order valence-electron chi connectivity index (χ1n) is 8.74. The molecule has 0 radical (unpaired) electrons. The number of thiazole rings is 1. The van der Waals surface area contributed by atoms with Gasteiger partial charge in [-0.3, -0.25) is 4.79 Å². The molecule has 0 aliphatic carbocycles. The number of fused-ring (bicyclic) bond motifs is 1. The fraction of sp³-hybridized carbons (Fsp3) is 0.158. The van der Waals surface area contributed by atoms with Crippen molar-refractivity contribution in [3.05, 3.63) is 59.1 Å². The molecule has 2 aromatic carbocycles. The molecular weight excluding hydrogens is 449 g/mol. The number of carbonyl (C=O) groups is 1. The van der Waals surface area contributed by atoms with Crippen LogP contribution in [0.5, 0.6) is 5.75 Å². The van der Waals surface area contributed by atoms with Crippen LogP contribution >= 0.6 is 34.7 Å². The van der Waals surface area contributed by atoms with Gasteiger partial charge in [0.2, 0.25) is 5.91 Å². The number of carbonyl (C=O) groups excluding carboxylic acids is 1. The third kappa shape index (κ3) is 4.72. The minimum Gasteiger partial charge on any atom is -0.484 e. The molecule has 0 aliphatic heterocycles. The van der Waals surface area contributed by atoms with E-state index in [1.807, 2.05) is 24.3 Å². The van der Waals surface area contributed by atoms with Crippen LogP contribution in [-0.2, 0) is 18.4 Å². The number of nitrogens with one attached hydrogen (secondary N) is 1. The third-order valence-electron chi connectivity index (χ3n) is 4.05. The second kappa shape index (κ2) is 8.99. The average molecular weight is 464 g/mol. The summed E-state index contributed by atoms with van der Waals surface area (Å²) in [5.74, 6) is 0.439. The number of halogens is 2. The van der Waals surface area contributed by atoms with Crippen LogP contribution < -0.4 is 10.1 Å². The van der Waals surface area contributed by atoms with Crippen LogP contribution in [-0.4, -0.2) is 31.4 Å². The highest BCUT2D eigenvalue weighted by Crippen LogP contribution is 2.27. The number of nitrogens with zero attached hydrogens (tertiary/aromatic N) is 4. The van der Waals surface area contributed by atoms with Crippen molar-refractivity contribution < 1.29 is 13.9 Å². The standard InChI is InChI=1S/C19H15ClFN5O2S2/c1-26-16(9-28-14-7-6-11(21)8-12(14)20)24-25-19(26)29-10-17(27)23-18-22-13-4-2-3-5-15(13)30-18/h2-8H,9-10H2,1H3,(H,22,23,27). The molecule has 4 rings (SSSR count). The Bertz CT molecular complexity index is 1180. The number of rotatable bonds is 7. The maximum absolute atomic E-state index is 13.1. The quantitative estimate of drug-likeness (QED) is 0.405. The summed E-state index contributed by atoms with van der Waals surface area (Å²) in [4.78, 5) is 16.7. The topological polar surface area (TPSA) is 81.9 Å². The Labute approximate surface area is 184 Å². The van der Waals surface area contributed by atoms with Gasteiger partial charge in [-0.15, -0.1) is 10.2 Å². The van der Waals surface area contributed by atoms with Crippen LogP contribution in [0.4, 0.5) is 9.52 Å². The molecule has 7 nitrogen and oxygen atoms in total. The molecule has 2 heterocycles. The lowest BCUT2D eigenvalue weighted by Crippen LogP contribution is -2.14. The number of amides is 1. The van der Waals surface area contributed by atoms with Crippen molar-refractivity contribution in [1.82, 2.24) is 19.7 Å². The Morgan fingerprint density at radius 1 is 1.30 bits per heavy atom. The van der Waals surface area contributed by atoms with Crippen LogP contribution in [0.2, 0.25) is 5.02 Å². The van der Waals surface area contributed by atoms with E-state index in [0.29, 0.717) is 21.9 Å². The highest BCUT2D eigenvalue weighted by molar-refractivity contribution is 7.99. The van der Waals surface area contributed by atoms with Gasteiger partial charge in [0.25, 0.3) is 0 Å². The molecule has 1 amide bonds. The van der Waals surface area contributed by atoms with Crippen molar-refractivity contribution >= 4 is 56.0 Å².